The molecule has 1 amide bonds. The Morgan fingerprint density at radius 3 is 2.06 bits per heavy atom. The predicted molar refractivity (Wildman–Crippen MR) is 68.0 cm³/mol. The van der Waals surface area contributed by atoms with Crippen molar-refractivity contribution in [2.75, 3.05) is 0 Å². The molecule has 0 aliphatic carbocycles. The van der Waals surface area contributed by atoms with Crippen LogP contribution in [0.3, 0.4) is 0 Å². The van der Waals surface area contributed by atoms with Crippen LogP contribution in [0.5, 0.6) is 0 Å². The van der Waals surface area contributed by atoms with Gasteiger partial charge in [-0.05, 0) is 32.8 Å². The Kier molecular flexibility index (Phi) is 4.05. The summed E-state index contributed by atoms with van der Waals surface area (Å²) in [7, 11) is 0. The van der Waals surface area contributed by atoms with Crippen LogP contribution in [-0.4, -0.2) is 17.2 Å². The van der Waals surface area contributed by atoms with E-state index < -0.39 is 17.2 Å². The number of nitrogens with one attached hydrogen (secondary N) is 1. The number of carbonyl (C=O) groups excluding carboxylic acids is 2. The summed E-state index contributed by atoms with van der Waals surface area (Å²) in [5.41, 5.74) is 1.19. The van der Waals surface area contributed by atoms with Crippen molar-refractivity contribution in [2.45, 2.75) is 39.7 Å². The topological polar surface area (TPSA) is 46.2 Å². The van der Waals surface area contributed by atoms with E-state index >= 15 is 0 Å². The molecule has 1 aromatic carbocycles. The van der Waals surface area contributed by atoms with E-state index in [1.54, 1.807) is 12.1 Å². The Hall–Kier alpha value is -1.64. The first kappa shape index (κ1) is 13.4. The molecule has 0 spiro atoms. The standard InChI is InChI=1S/C14H19NO2/c1-5-10-6-8-11(9-7-10)12(16)13(17)15-14(2,3)4/h6-9H,5H2,1-4H3,(H,15,17). The van der Waals surface area contributed by atoms with Crippen LogP contribution in [0.1, 0.15) is 43.6 Å². The second kappa shape index (κ2) is 5.13. The minimum atomic E-state index is -0.554. The Balaban J connectivity index is 2.78. The summed E-state index contributed by atoms with van der Waals surface area (Å²) < 4.78 is 0. The van der Waals surface area contributed by atoms with Crippen LogP contribution >= 0.6 is 0 Å². The molecule has 3 heteroatoms. The first-order chi connectivity index (χ1) is 7.83. The number of benzene rings is 1. The van der Waals surface area contributed by atoms with Gasteiger partial charge in [0.2, 0.25) is 5.78 Å². The molecule has 0 aliphatic heterocycles. The van der Waals surface area contributed by atoms with E-state index in [4.69, 9.17) is 0 Å². The van der Waals surface area contributed by atoms with Crippen LogP contribution in [0.25, 0.3) is 0 Å². The third-order valence-electron chi connectivity index (χ3n) is 2.32. The molecule has 1 aromatic rings. The van der Waals surface area contributed by atoms with Gasteiger partial charge in [-0.25, -0.2) is 0 Å². The highest BCUT2D eigenvalue weighted by Gasteiger charge is 2.21. The van der Waals surface area contributed by atoms with E-state index in [-0.39, 0.29) is 0 Å². The molecule has 3 nitrogen and oxygen atoms in total. The lowest BCUT2D eigenvalue weighted by atomic mass is 10.0. The second-order valence-electron chi connectivity index (χ2n) is 5.08. The number of aryl methyl sites for hydroxylation is 1. The van der Waals surface area contributed by atoms with E-state index in [1.165, 1.54) is 0 Å². The minimum absolute atomic E-state index is 0.393. The molecule has 0 aromatic heterocycles. The molecule has 1 N–H and O–H groups in total. The molecule has 0 aliphatic rings. The molecule has 0 radical (unpaired) electrons. The fraction of sp³-hybridized carbons (Fsp3) is 0.429. The number of hydrogen-bond acceptors (Lipinski definition) is 2. The fourth-order valence-electron chi connectivity index (χ4n) is 1.42. The Labute approximate surface area is 102 Å². The van der Waals surface area contributed by atoms with E-state index in [0.29, 0.717) is 5.56 Å². The second-order valence-corrected chi connectivity index (χ2v) is 5.08. The van der Waals surface area contributed by atoms with Gasteiger partial charge in [0.1, 0.15) is 0 Å². The highest BCUT2D eigenvalue weighted by Crippen LogP contribution is 2.07. The van der Waals surface area contributed by atoms with Gasteiger partial charge in [-0.3, -0.25) is 9.59 Å². The number of amides is 1. The monoisotopic (exact) mass is 233 g/mol. The van der Waals surface area contributed by atoms with Crippen LogP contribution in [0.4, 0.5) is 0 Å². The molecule has 0 bridgehead atoms. The summed E-state index contributed by atoms with van der Waals surface area (Å²) in [6.07, 6.45) is 0.919. The number of carbonyl (C=O) groups is 2. The molecule has 92 valence electrons. The largest absolute Gasteiger partial charge is 0.345 e. The van der Waals surface area contributed by atoms with E-state index in [0.717, 1.165) is 12.0 Å². The Morgan fingerprint density at radius 1 is 1.12 bits per heavy atom. The third-order valence-corrected chi connectivity index (χ3v) is 2.32. The Bertz CT molecular complexity index is 413. The molecule has 0 unspecified atom stereocenters. The van der Waals surface area contributed by atoms with Crippen molar-refractivity contribution in [3.63, 3.8) is 0 Å². The van der Waals surface area contributed by atoms with E-state index in [9.17, 15) is 9.59 Å². The average molecular weight is 233 g/mol. The highest BCUT2D eigenvalue weighted by molar-refractivity contribution is 6.42. The van der Waals surface area contributed by atoms with Gasteiger partial charge in [-0.1, -0.05) is 31.2 Å². The van der Waals surface area contributed by atoms with Crippen molar-refractivity contribution in [3.05, 3.63) is 35.4 Å². The number of hydrogen-bond donors (Lipinski definition) is 1. The maximum absolute atomic E-state index is 11.8. The highest BCUT2D eigenvalue weighted by atomic mass is 16.2. The van der Waals surface area contributed by atoms with E-state index in [2.05, 4.69) is 5.32 Å². The maximum atomic E-state index is 11.8. The van der Waals surface area contributed by atoms with Gasteiger partial charge >= 0.3 is 0 Å². The first-order valence-electron chi connectivity index (χ1n) is 5.79. The van der Waals surface area contributed by atoms with Gasteiger partial charge in [0.05, 0.1) is 0 Å². The molecular weight excluding hydrogens is 214 g/mol. The van der Waals surface area contributed by atoms with Gasteiger partial charge in [0, 0.05) is 11.1 Å². The summed E-state index contributed by atoms with van der Waals surface area (Å²) in [6.45, 7) is 7.58. The zero-order valence-corrected chi connectivity index (χ0v) is 10.8. The lowest BCUT2D eigenvalue weighted by Crippen LogP contribution is -2.44. The average Bonchev–Trinajstić information content (AvgIpc) is 2.26. The van der Waals surface area contributed by atoms with Gasteiger partial charge in [0.25, 0.3) is 5.91 Å². The minimum Gasteiger partial charge on any atom is -0.345 e. The summed E-state index contributed by atoms with van der Waals surface area (Å²) in [5, 5.41) is 2.66. The number of rotatable bonds is 3. The molecule has 1 rings (SSSR count). The molecule has 0 fully saturated rings. The normalized spacial score (nSPS) is 11.1. The molecule has 0 atom stereocenters. The van der Waals surface area contributed by atoms with Crippen molar-refractivity contribution in [2.24, 2.45) is 0 Å². The van der Waals surface area contributed by atoms with Gasteiger partial charge in [0.15, 0.2) is 0 Å². The predicted octanol–water partition coefficient (Wildman–Crippen LogP) is 2.35. The molecule has 0 saturated carbocycles. The SMILES string of the molecule is CCc1ccc(C(=O)C(=O)NC(C)(C)C)cc1. The van der Waals surface area contributed by atoms with Crippen molar-refractivity contribution in [1.29, 1.82) is 0 Å². The van der Waals surface area contributed by atoms with Crippen LogP contribution < -0.4 is 5.32 Å². The summed E-state index contributed by atoms with van der Waals surface area (Å²) in [6, 6.07) is 7.14. The van der Waals surface area contributed by atoms with Crippen LogP contribution in [0, 0.1) is 0 Å². The molecule has 17 heavy (non-hydrogen) atoms. The van der Waals surface area contributed by atoms with Gasteiger partial charge in [-0.2, -0.15) is 0 Å². The maximum Gasteiger partial charge on any atom is 0.292 e. The lowest BCUT2D eigenvalue weighted by Gasteiger charge is -2.19. The molecule has 0 saturated heterocycles. The van der Waals surface area contributed by atoms with Crippen molar-refractivity contribution in [3.8, 4) is 0 Å². The fourth-order valence-corrected chi connectivity index (χ4v) is 1.42. The summed E-state index contributed by atoms with van der Waals surface area (Å²) in [4.78, 5) is 23.5. The van der Waals surface area contributed by atoms with Crippen LogP contribution in [0.2, 0.25) is 0 Å². The van der Waals surface area contributed by atoms with Crippen LogP contribution in [0.15, 0.2) is 24.3 Å². The third kappa shape index (κ3) is 4.02. The van der Waals surface area contributed by atoms with E-state index in [1.807, 2.05) is 39.8 Å². The number of Topliss-reactive ketones (excluding diaryl/α,β-unsaturated/α-hetero) is 1. The summed E-state index contributed by atoms with van der Waals surface area (Å²) in [5.74, 6) is -1.04. The zero-order chi connectivity index (χ0) is 13.1. The van der Waals surface area contributed by atoms with Crippen molar-refractivity contribution >= 4 is 11.7 Å². The number of ketones is 1. The molecular formula is C14H19NO2. The Morgan fingerprint density at radius 2 is 1.65 bits per heavy atom. The molecule has 0 heterocycles. The van der Waals surface area contributed by atoms with Gasteiger partial charge < -0.3 is 5.32 Å². The lowest BCUT2D eigenvalue weighted by molar-refractivity contribution is -0.118. The smallest absolute Gasteiger partial charge is 0.292 e. The van der Waals surface area contributed by atoms with Crippen molar-refractivity contribution < 1.29 is 9.59 Å². The zero-order valence-electron chi connectivity index (χ0n) is 10.8. The first-order valence-corrected chi connectivity index (χ1v) is 5.79. The van der Waals surface area contributed by atoms with Crippen molar-refractivity contribution in [1.82, 2.24) is 5.32 Å². The quantitative estimate of drug-likeness (QED) is 0.643. The van der Waals surface area contributed by atoms with Gasteiger partial charge in [-0.15, -0.1) is 0 Å². The summed E-state index contributed by atoms with van der Waals surface area (Å²) >= 11 is 0. The van der Waals surface area contributed by atoms with Crippen LogP contribution in [-0.2, 0) is 11.2 Å².